The molecule has 0 saturated carbocycles. The van der Waals surface area contributed by atoms with E-state index >= 15 is 0 Å². The van der Waals surface area contributed by atoms with E-state index in [1.165, 1.54) is 18.4 Å². The molecule has 0 bridgehead atoms. The van der Waals surface area contributed by atoms with Crippen LogP contribution in [0.1, 0.15) is 18.4 Å². The van der Waals surface area contributed by atoms with Gasteiger partial charge in [0.25, 0.3) is 0 Å². The molecule has 4 nitrogen and oxygen atoms in total. The Morgan fingerprint density at radius 2 is 2.24 bits per heavy atom. The van der Waals surface area contributed by atoms with Crippen LogP contribution in [0.5, 0.6) is 0 Å². The van der Waals surface area contributed by atoms with Crippen LogP contribution in [0.2, 0.25) is 0 Å². The summed E-state index contributed by atoms with van der Waals surface area (Å²) in [6, 6.07) is 11.1. The standard InChI is InChI=1S/C16H23N3OS/c20-16(15-11-21-12-18-15)17-9-14-7-4-8-19(14)10-13-5-2-1-3-6-13/h1-3,5-6,14-15,18H,4,7-12H2,(H,17,20). The fourth-order valence-electron chi connectivity index (χ4n) is 3.06. The van der Waals surface area contributed by atoms with Crippen molar-refractivity contribution in [2.45, 2.75) is 31.5 Å². The van der Waals surface area contributed by atoms with Gasteiger partial charge in [0.15, 0.2) is 0 Å². The molecule has 0 aromatic heterocycles. The maximum atomic E-state index is 12.1. The Kier molecular flexibility index (Phi) is 5.17. The molecule has 5 heteroatoms. The summed E-state index contributed by atoms with van der Waals surface area (Å²) in [5.74, 6) is 1.94. The molecule has 114 valence electrons. The highest BCUT2D eigenvalue weighted by Crippen LogP contribution is 2.19. The van der Waals surface area contributed by atoms with Crippen LogP contribution < -0.4 is 10.6 Å². The molecule has 1 amide bonds. The summed E-state index contributed by atoms with van der Waals surface area (Å²) < 4.78 is 0. The van der Waals surface area contributed by atoms with Crippen LogP contribution in [0.25, 0.3) is 0 Å². The lowest BCUT2D eigenvalue weighted by molar-refractivity contribution is -0.122. The van der Waals surface area contributed by atoms with Gasteiger partial charge in [0.05, 0.1) is 6.04 Å². The fraction of sp³-hybridized carbons (Fsp3) is 0.562. The molecule has 2 aliphatic heterocycles. The summed E-state index contributed by atoms with van der Waals surface area (Å²) in [5.41, 5.74) is 1.35. The second kappa shape index (κ2) is 7.29. The lowest BCUT2D eigenvalue weighted by atomic mass is 10.1. The number of carbonyl (C=O) groups excluding carboxylic acids is 1. The van der Waals surface area contributed by atoms with E-state index in [1.807, 2.05) is 0 Å². The predicted octanol–water partition coefficient (Wildman–Crippen LogP) is 1.43. The largest absolute Gasteiger partial charge is 0.353 e. The number of benzene rings is 1. The topological polar surface area (TPSA) is 44.4 Å². The van der Waals surface area contributed by atoms with Gasteiger partial charge in [-0.05, 0) is 24.9 Å². The van der Waals surface area contributed by atoms with E-state index in [1.54, 1.807) is 11.8 Å². The first-order valence-corrected chi connectivity index (χ1v) is 8.85. The highest BCUT2D eigenvalue weighted by molar-refractivity contribution is 7.99. The van der Waals surface area contributed by atoms with Gasteiger partial charge < -0.3 is 5.32 Å². The molecule has 1 aromatic carbocycles. The van der Waals surface area contributed by atoms with Crippen LogP contribution in [0.4, 0.5) is 0 Å². The third-order valence-electron chi connectivity index (χ3n) is 4.27. The average molecular weight is 305 g/mol. The maximum Gasteiger partial charge on any atom is 0.238 e. The molecular weight excluding hydrogens is 282 g/mol. The Morgan fingerprint density at radius 3 is 3.00 bits per heavy atom. The van der Waals surface area contributed by atoms with Gasteiger partial charge >= 0.3 is 0 Å². The molecule has 21 heavy (non-hydrogen) atoms. The molecule has 3 rings (SSSR count). The fourth-order valence-corrected chi connectivity index (χ4v) is 4.00. The molecule has 2 heterocycles. The summed E-state index contributed by atoms with van der Waals surface area (Å²) in [5, 5.41) is 6.35. The lowest BCUT2D eigenvalue weighted by Gasteiger charge is -2.25. The van der Waals surface area contributed by atoms with Crippen molar-refractivity contribution in [1.82, 2.24) is 15.5 Å². The first-order chi connectivity index (χ1) is 10.3. The number of likely N-dealkylation sites (tertiary alicyclic amines) is 1. The van der Waals surface area contributed by atoms with Crippen LogP contribution in [0, 0.1) is 0 Å². The number of hydrogen-bond acceptors (Lipinski definition) is 4. The van der Waals surface area contributed by atoms with E-state index in [2.05, 4.69) is 45.9 Å². The summed E-state index contributed by atoms with van der Waals surface area (Å²) >= 11 is 1.79. The van der Waals surface area contributed by atoms with Crippen molar-refractivity contribution in [3.8, 4) is 0 Å². The zero-order valence-corrected chi connectivity index (χ0v) is 13.1. The molecule has 2 unspecified atom stereocenters. The third-order valence-corrected chi connectivity index (χ3v) is 5.21. The highest BCUT2D eigenvalue weighted by atomic mass is 32.2. The highest BCUT2D eigenvalue weighted by Gasteiger charge is 2.27. The minimum atomic E-state index is -0.000948. The second-order valence-electron chi connectivity index (χ2n) is 5.77. The van der Waals surface area contributed by atoms with Crippen molar-refractivity contribution in [2.75, 3.05) is 24.7 Å². The van der Waals surface area contributed by atoms with Crippen molar-refractivity contribution in [1.29, 1.82) is 0 Å². The molecule has 0 radical (unpaired) electrons. The zero-order chi connectivity index (χ0) is 14.5. The Labute approximate surface area is 130 Å². The number of thioether (sulfide) groups is 1. The predicted molar refractivity (Wildman–Crippen MR) is 87.1 cm³/mol. The normalized spacial score (nSPS) is 26.1. The van der Waals surface area contributed by atoms with Gasteiger partial charge in [-0.25, -0.2) is 0 Å². The van der Waals surface area contributed by atoms with Gasteiger partial charge in [-0.15, -0.1) is 11.8 Å². The molecule has 0 spiro atoms. The SMILES string of the molecule is O=C(NCC1CCCN1Cc1ccccc1)C1CSCN1. The smallest absolute Gasteiger partial charge is 0.238 e. The van der Waals surface area contributed by atoms with Crippen LogP contribution in [0.15, 0.2) is 30.3 Å². The maximum absolute atomic E-state index is 12.1. The van der Waals surface area contributed by atoms with E-state index < -0.39 is 0 Å². The first kappa shape index (κ1) is 14.9. The van der Waals surface area contributed by atoms with Gasteiger partial charge in [0.1, 0.15) is 0 Å². The van der Waals surface area contributed by atoms with Crippen molar-refractivity contribution in [2.24, 2.45) is 0 Å². The third kappa shape index (κ3) is 3.99. The Balaban J connectivity index is 1.49. The number of rotatable bonds is 5. The molecule has 2 atom stereocenters. The quantitative estimate of drug-likeness (QED) is 0.864. The number of nitrogens with one attached hydrogen (secondary N) is 2. The van der Waals surface area contributed by atoms with Gasteiger partial charge in [-0.3, -0.25) is 15.0 Å². The van der Waals surface area contributed by atoms with Gasteiger partial charge in [0, 0.05) is 30.8 Å². The number of hydrogen-bond donors (Lipinski definition) is 2. The molecule has 2 aliphatic rings. The van der Waals surface area contributed by atoms with Crippen LogP contribution in [-0.4, -0.2) is 47.6 Å². The average Bonchev–Trinajstić information content (AvgIpc) is 3.18. The lowest BCUT2D eigenvalue weighted by Crippen LogP contribution is -2.46. The van der Waals surface area contributed by atoms with E-state index in [4.69, 9.17) is 0 Å². The van der Waals surface area contributed by atoms with Crippen molar-refractivity contribution in [3.63, 3.8) is 0 Å². The van der Waals surface area contributed by atoms with Crippen LogP contribution >= 0.6 is 11.8 Å². The van der Waals surface area contributed by atoms with Gasteiger partial charge in [0.2, 0.25) is 5.91 Å². The monoisotopic (exact) mass is 305 g/mol. The van der Waals surface area contributed by atoms with Crippen molar-refractivity contribution in [3.05, 3.63) is 35.9 Å². The number of nitrogens with zero attached hydrogens (tertiary/aromatic N) is 1. The van der Waals surface area contributed by atoms with Crippen molar-refractivity contribution < 1.29 is 4.79 Å². The zero-order valence-electron chi connectivity index (χ0n) is 12.3. The molecule has 1 aromatic rings. The van der Waals surface area contributed by atoms with E-state index in [9.17, 15) is 4.79 Å². The minimum absolute atomic E-state index is 0.000948. The van der Waals surface area contributed by atoms with Gasteiger partial charge in [-0.2, -0.15) is 0 Å². The van der Waals surface area contributed by atoms with Crippen LogP contribution in [-0.2, 0) is 11.3 Å². The first-order valence-electron chi connectivity index (χ1n) is 7.70. The van der Waals surface area contributed by atoms with E-state index in [0.717, 1.165) is 31.3 Å². The summed E-state index contributed by atoms with van der Waals surface area (Å²) in [7, 11) is 0. The summed E-state index contributed by atoms with van der Waals surface area (Å²) in [6.07, 6.45) is 2.41. The number of amides is 1. The molecule has 2 saturated heterocycles. The van der Waals surface area contributed by atoms with Crippen molar-refractivity contribution >= 4 is 17.7 Å². The van der Waals surface area contributed by atoms with Gasteiger partial charge in [-0.1, -0.05) is 30.3 Å². The molecule has 0 aliphatic carbocycles. The van der Waals surface area contributed by atoms with E-state index in [-0.39, 0.29) is 11.9 Å². The number of carbonyl (C=O) groups is 1. The Hall–Kier alpha value is -1.04. The summed E-state index contributed by atoms with van der Waals surface area (Å²) in [4.78, 5) is 14.6. The molecule has 2 N–H and O–H groups in total. The van der Waals surface area contributed by atoms with Crippen LogP contribution in [0.3, 0.4) is 0 Å². The summed E-state index contributed by atoms with van der Waals surface area (Å²) in [6.45, 7) is 2.89. The molecular formula is C16H23N3OS. The minimum Gasteiger partial charge on any atom is -0.353 e. The molecule has 2 fully saturated rings. The van der Waals surface area contributed by atoms with E-state index in [0.29, 0.717) is 6.04 Å². The Bertz CT molecular complexity index is 462. The second-order valence-corrected chi connectivity index (χ2v) is 6.80. The Morgan fingerprint density at radius 1 is 1.38 bits per heavy atom.